The molecule has 0 aliphatic heterocycles. The van der Waals surface area contributed by atoms with Gasteiger partial charge in [0.05, 0.1) is 40.3 Å². The number of nitrogens with zero attached hydrogens (tertiary/aromatic N) is 1. The highest BCUT2D eigenvalue weighted by atomic mass is 16.6. The van der Waals surface area contributed by atoms with E-state index >= 15 is 0 Å². The van der Waals surface area contributed by atoms with Crippen molar-refractivity contribution >= 4 is 17.9 Å². The fourth-order valence-corrected chi connectivity index (χ4v) is 6.96. The van der Waals surface area contributed by atoms with Gasteiger partial charge in [-0.3, -0.25) is 9.59 Å². The van der Waals surface area contributed by atoms with E-state index in [1.54, 1.807) is 21.1 Å². The molecule has 2 unspecified atom stereocenters. The van der Waals surface area contributed by atoms with Crippen molar-refractivity contribution in [1.82, 2.24) is 0 Å². The summed E-state index contributed by atoms with van der Waals surface area (Å²) < 4.78 is 17.2. The first kappa shape index (κ1) is 56.3. The molecule has 0 aromatic heterocycles. The molecule has 0 amide bonds. The van der Waals surface area contributed by atoms with Gasteiger partial charge < -0.3 is 28.6 Å². The van der Waals surface area contributed by atoms with Crippen molar-refractivity contribution in [3.05, 3.63) is 48.6 Å². The lowest BCUT2D eigenvalue weighted by Crippen LogP contribution is -2.55. The lowest BCUT2D eigenvalue weighted by Gasteiger charge is -2.34. The zero-order valence-corrected chi connectivity index (χ0v) is 38.9. The Kier molecular flexibility index (Phi) is 40.1. The molecule has 8 nitrogen and oxygen atoms in total. The zero-order valence-electron chi connectivity index (χ0n) is 38.9. The van der Waals surface area contributed by atoms with Gasteiger partial charge in [-0.25, -0.2) is 0 Å². The van der Waals surface area contributed by atoms with Crippen LogP contribution < -0.4 is 5.11 Å². The van der Waals surface area contributed by atoms with Crippen LogP contribution in [0, 0.1) is 0 Å². The third-order valence-electron chi connectivity index (χ3n) is 10.7. The molecule has 0 spiro atoms. The molecular formula is C51H91NO7. The van der Waals surface area contributed by atoms with Crippen LogP contribution >= 0.6 is 0 Å². The van der Waals surface area contributed by atoms with Gasteiger partial charge in [-0.05, 0) is 70.6 Å². The third kappa shape index (κ3) is 40.5. The number of unbranched alkanes of at least 4 members (excludes halogenated alkanes) is 21. The van der Waals surface area contributed by atoms with Crippen LogP contribution in [0.25, 0.3) is 0 Å². The van der Waals surface area contributed by atoms with E-state index in [1.165, 1.54) is 103 Å². The van der Waals surface area contributed by atoms with E-state index in [0.29, 0.717) is 12.8 Å². The van der Waals surface area contributed by atoms with Crippen molar-refractivity contribution in [3.8, 4) is 0 Å². The Balaban J connectivity index is 4.30. The highest BCUT2D eigenvalue weighted by molar-refractivity contribution is 5.70. The summed E-state index contributed by atoms with van der Waals surface area (Å²) in [5, 5.41) is 11.6. The van der Waals surface area contributed by atoms with E-state index in [0.717, 1.165) is 70.6 Å². The quantitative estimate of drug-likeness (QED) is 0.0261. The Morgan fingerprint density at radius 2 is 0.949 bits per heavy atom. The van der Waals surface area contributed by atoms with Gasteiger partial charge in [-0.15, -0.1) is 0 Å². The summed E-state index contributed by atoms with van der Waals surface area (Å²) in [6.45, 7) is 4.54. The first-order valence-electron chi connectivity index (χ1n) is 24.2. The minimum absolute atomic E-state index is 0.0337. The molecule has 0 aromatic carbocycles. The van der Waals surface area contributed by atoms with Crippen LogP contribution in [-0.4, -0.2) is 75.5 Å². The molecule has 0 bridgehead atoms. The number of hydrogen-bond acceptors (Lipinski definition) is 7. The van der Waals surface area contributed by atoms with Gasteiger partial charge in [0.1, 0.15) is 12.6 Å². The summed E-state index contributed by atoms with van der Waals surface area (Å²) in [5.41, 5.74) is 0. The molecule has 0 aromatic rings. The van der Waals surface area contributed by atoms with Crippen LogP contribution in [0.5, 0.6) is 0 Å². The van der Waals surface area contributed by atoms with E-state index in [9.17, 15) is 19.5 Å². The average molecular weight is 830 g/mol. The molecule has 8 heteroatoms. The van der Waals surface area contributed by atoms with Crippen molar-refractivity contribution in [2.24, 2.45) is 0 Å². The maximum atomic E-state index is 12.7. The molecule has 0 radical (unpaired) electrons. The van der Waals surface area contributed by atoms with Crippen molar-refractivity contribution in [1.29, 1.82) is 0 Å². The Labute approximate surface area is 363 Å². The largest absolute Gasteiger partial charge is 0.544 e. The maximum Gasteiger partial charge on any atom is 0.306 e. The van der Waals surface area contributed by atoms with Gasteiger partial charge >= 0.3 is 11.9 Å². The van der Waals surface area contributed by atoms with Gasteiger partial charge in [-0.2, -0.15) is 0 Å². The highest BCUT2D eigenvalue weighted by Crippen LogP contribution is 2.14. The predicted octanol–water partition coefficient (Wildman–Crippen LogP) is 12.3. The second-order valence-electron chi connectivity index (χ2n) is 17.3. The number of esters is 2. The van der Waals surface area contributed by atoms with Gasteiger partial charge in [0.2, 0.25) is 0 Å². The normalized spacial score (nSPS) is 13.3. The molecule has 0 N–H and O–H groups in total. The lowest BCUT2D eigenvalue weighted by atomic mass is 10.1. The summed E-state index contributed by atoms with van der Waals surface area (Å²) in [5.74, 6) is -1.75. The van der Waals surface area contributed by atoms with Gasteiger partial charge in [0, 0.05) is 19.3 Å². The number of aliphatic carboxylic acids is 1. The third-order valence-corrected chi connectivity index (χ3v) is 10.7. The van der Waals surface area contributed by atoms with E-state index in [2.05, 4.69) is 62.5 Å². The molecule has 0 saturated heterocycles. The molecule has 0 aliphatic carbocycles. The first-order chi connectivity index (χ1) is 28.6. The van der Waals surface area contributed by atoms with E-state index in [4.69, 9.17) is 14.2 Å². The van der Waals surface area contributed by atoms with Crippen LogP contribution in [-0.2, 0) is 28.6 Å². The zero-order chi connectivity index (χ0) is 43.5. The molecule has 342 valence electrons. The van der Waals surface area contributed by atoms with E-state index in [1.807, 2.05) is 0 Å². The highest BCUT2D eigenvalue weighted by Gasteiger charge is 2.25. The number of likely N-dealkylation sites (N-methyl/N-ethyl adjacent to an activating group) is 1. The monoisotopic (exact) mass is 830 g/mol. The summed E-state index contributed by atoms with van der Waals surface area (Å²) >= 11 is 0. The fourth-order valence-electron chi connectivity index (χ4n) is 6.96. The molecule has 0 aliphatic rings. The van der Waals surface area contributed by atoms with Crippen molar-refractivity contribution in [2.45, 2.75) is 219 Å². The first-order valence-corrected chi connectivity index (χ1v) is 24.2. The van der Waals surface area contributed by atoms with Gasteiger partial charge in [0.25, 0.3) is 0 Å². The van der Waals surface area contributed by atoms with Crippen LogP contribution in [0.1, 0.15) is 206 Å². The molecule has 2 atom stereocenters. The lowest BCUT2D eigenvalue weighted by molar-refractivity contribution is -0.889. The molecule has 0 saturated carbocycles. The summed E-state index contributed by atoms with van der Waals surface area (Å²) in [6.07, 6.45) is 49.9. The van der Waals surface area contributed by atoms with Crippen LogP contribution in [0.2, 0.25) is 0 Å². The van der Waals surface area contributed by atoms with Gasteiger partial charge in [-0.1, -0.05) is 165 Å². The number of carboxylic acids is 1. The second-order valence-corrected chi connectivity index (χ2v) is 17.3. The summed E-state index contributed by atoms with van der Waals surface area (Å²) in [4.78, 5) is 36.9. The van der Waals surface area contributed by atoms with Crippen molar-refractivity contribution in [3.63, 3.8) is 0 Å². The van der Waals surface area contributed by atoms with Crippen molar-refractivity contribution in [2.75, 3.05) is 41.0 Å². The summed E-state index contributed by atoms with van der Waals surface area (Å²) in [7, 11) is 5.40. The molecule has 59 heavy (non-hydrogen) atoms. The molecular weight excluding hydrogens is 739 g/mol. The minimum Gasteiger partial charge on any atom is -0.544 e. The molecule has 0 heterocycles. The number of carbonyl (C=O) groups is 3. The van der Waals surface area contributed by atoms with Crippen LogP contribution in [0.3, 0.4) is 0 Å². The standard InChI is InChI=1S/C51H91NO7/c1-6-8-10-12-14-16-18-20-22-24-25-26-28-29-31-33-35-37-39-41-49(53)58-46-47(45-57-44-43-48(51(55)56)52(3,4)5)59-50(54)42-40-38-36-34-32-30-27-23-21-19-17-15-13-11-9-7-2/h9,11,15,17,21,23-25,47-48H,6-8,10,12-14,16,18-20,22,26-46H2,1-5H3/b11-9+,17-15+,23-21+,25-24+. The Morgan fingerprint density at radius 1 is 0.525 bits per heavy atom. The Bertz CT molecular complexity index is 1110. The molecule has 0 rings (SSSR count). The van der Waals surface area contributed by atoms with E-state index < -0.39 is 18.1 Å². The van der Waals surface area contributed by atoms with Crippen molar-refractivity contribution < 1.29 is 38.2 Å². The molecule has 0 fully saturated rings. The van der Waals surface area contributed by atoms with Crippen LogP contribution in [0.15, 0.2) is 48.6 Å². The Hall–Kier alpha value is -2.71. The minimum atomic E-state index is -1.13. The number of ether oxygens (including phenoxy) is 3. The Morgan fingerprint density at radius 3 is 1.42 bits per heavy atom. The summed E-state index contributed by atoms with van der Waals surface area (Å²) in [6, 6.07) is -0.730. The smallest absolute Gasteiger partial charge is 0.306 e. The number of carbonyl (C=O) groups excluding carboxylic acids is 3. The SMILES string of the molecule is CC/C=C/C/C=C/C/C=C/CCCCCCCCC(=O)OC(COCCC(C(=O)[O-])[N+](C)(C)C)COC(=O)CCCCCCCCC/C=C/CCCCCCCCCC. The topological polar surface area (TPSA) is 102 Å². The second kappa shape index (κ2) is 42.0. The fraction of sp³-hybridized carbons (Fsp3) is 0.784. The number of quaternary nitrogens is 1. The van der Waals surface area contributed by atoms with Gasteiger partial charge in [0.15, 0.2) is 6.10 Å². The maximum absolute atomic E-state index is 12.7. The number of allylic oxidation sites excluding steroid dienone is 8. The van der Waals surface area contributed by atoms with Crippen LogP contribution in [0.4, 0.5) is 0 Å². The van der Waals surface area contributed by atoms with E-state index in [-0.39, 0.29) is 42.7 Å². The predicted molar refractivity (Wildman–Crippen MR) is 245 cm³/mol. The number of rotatable bonds is 43. The number of carboxylic acid groups (broad SMARTS) is 1. The average Bonchev–Trinajstić information content (AvgIpc) is 3.19. The number of hydrogen-bond donors (Lipinski definition) is 0.